The molecule has 2 N–H and O–H groups in total. The lowest BCUT2D eigenvalue weighted by molar-refractivity contribution is 0.238. The van der Waals surface area contributed by atoms with E-state index in [2.05, 4.69) is 49.5 Å². The van der Waals surface area contributed by atoms with Gasteiger partial charge >= 0.3 is 0 Å². The van der Waals surface area contributed by atoms with Crippen LogP contribution in [-0.4, -0.2) is 17.8 Å². The summed E-state index contributed by atoms with van der Waals surface area (Å²) in [6.45, 7) is 5.62. The van der Waals surface area contributed by atoms with Crippen LogP contribution < -0.4 is 10.1 Å². The van der Waals surface area contributed by atoms with Crippen molar-refractivity contribution in [1.29, 1.82) is 0 Å². The van der Waals surface area contributed by atoms with E-state index in [1.807, 2.05) is 18.2 Å². The van der Waals surface area contributed by atoms with Crippen molar-refractivity contribution in [3.8, 4) is 5.75 Å². The number of ether oxygens (including phenoxy) is 1. The van der Waals surface area contributed by atoms with Crippen molar-refractivity contribution in [2.45, 2.75) is 39.5 Å². The minimum atomic E-state index is 0. The number of benzene rings is 2. The molecule has 0 bridgehead atoms. The monoisotopic (exact) mass is 335 g/mol. The van der Waals surface area contributed by atoms with Crippen molar-refractivity contribution >= 4 is 12.4 Å². The number of hydrogen-bond donors (Lipinski definition) is 2. The summed E-state index contributed by atoms with van der Waals surface area (Å²) in [5.74, 6) is 0.872. The average Bonchev–Trinajstić information content (AvgIpc) is 2.56. The molecule has 0 aliphatic carbocycles. The molecule has 0 spiro atoms. The van der Waals surface area contributed by atoms with Gasteiger partial charge in [0, 0.05) is 12.6 Å². The molecule has 0 saturated carbocycles. The van der Waals surface area contributed by atoms with E-state index in [-0.39, 0.29) is 25.1 Å². The number of nitrogens with one attached hydrogen (secondary N) is 1. The van der Waals surface area contributed by atoms with Crippen LogP contribution in [0.15, 0.2) is 48.5 Å². The SMILES string of the molecule is CCC(CO)NCc1cccc(OCc2ccc(C)cc2)c1.Cl. The van der Waals surface area contributed by atoms with E-state index < -0.39 is 0 Å². The highest BCUT2D eigenvalue weighted by atomic mass is 35.5. The predicted molar refractivity (Wildman–Crippen MR) is 97.2 cm³/mol. The molecule has 2 rings (SSSR count). The van der Waals surface area contributed by atoms with E-state index >= 15 is 0 Å². The molecule has 0 amide bonds. The van der Waals surface area contributed by atoms with Crippen molar-refractivity contribution in [2.24, 2.45) is 0 Å². The molecule has 1 atom stereocenters. The van der Waals surface area contributed by atoms with E-state index in [1.165, 1.54) is 11.1 Å². The summed E-state index contributed by atoms with van der Waals surface area (Å²) in [5, 5.41) is 12.5. The highest BCUT2D eigenvalue weighted by Gasteiger charge is 2.04. The quantitative estimate of drug-likeness (QED) is 0.769. The molecule has 2 aromatic carbocycles. The van der Waals surface area contributed by atoms with Gasteiger partial charge in [0.15, 0.2) is 0 Å². The van der Waals surface area contributed by atoms with E-state index in [1.54, 1.807) is 0 Å². The maximum absolute atomic E-state index is 9.20. The van der Waals surface area contributed by atoms with Gasteiger partial charge < -0.3 is 15.2 Å². The Balaban J connectivity index is 0.00000264. The van der Waals surface area contributed by atoms with Crippen molar-refractivity contribution in [2.75, 3.05) is 6.61 Å². The first-order chi connectivity index (χ1) is 10.7. The van der Waals surface area contributed by atoms with Gasteiger partial charge in [0.1, 0.15) is 12.4 Å². The molecule has 2 aromatic rings. The molecular weight excluding hydrogens is 310 g/mol. The summed E-state index contributed by atoms with van der Waals surface area (Å²) in [4.78, 5) is 0. The van der Waals surface area contributed by atoms with Crippen LogP contribution in [0.5, 0.6) is 5.75 Å². The Morgan fingerprint density at radius 1 is 1.09 bits per heavy atom. The minimum Gasteiger partial charge on any atom is -0.489 e. The number of halogens is 1. The lowest BCUT2D eigenvalue weighted by Gasteiger charge is -2.14. The Kier molecular flexibility index (Phi) is 8.70. The maximum atomic E-state index is 9.20. The molecule has 0 aliphatic rings. The molecule has 3 nitrogen and oxygen atoms in total. The summed E-state index contributed by atoms with van der Waals surface area (Å²) in [6, 6.07) is 16.6. The van der Waals surface area contributed by atoms with Crippen LogP contribution in [0.2, 0.25) is 0 Å². The predicted octanol–water partition coefficient (Wildman–Crippen LogP) is 3.86. The zero-order valence-corrected chi connectivity index (χ0v) is 14.6. The van der Waals surface area contributed by atoms with Gasteiger partial charge in [0.2, 0.25) is 0 Å². The Labute approximate surface area is 145 Å². The topological polar surface area (TPSA) is 41.5 Å². The van der Waals surface area contributed by atoms with Crippen molar-refractivity contribution < 1.29 is 9.84 Å². The van der Waals surface area contributed by atoms with Gasteiger partial charge in [-0.05, 0) is 36.6 Å². The Hall–Kier alpha value is -1.55. The summed E-state index contributed by atoms with van der Waals surface area (Å²) in [7, 11) is 0. The van der Waals surface area contributed by atoms with Gasteiger partial charge in [0.05, 0.1) is 6.61 Å². The van der Waals surface area contributed by atoms with Crippen LogP contribution in [0, 0.1) is 6.92 Å². The lowest BCUT2D eigenvalue weighted by Crippen LogP contribution is -2.31. The van der Waals surface area contributed by atoms with Crippen molar-refractivity contribution in [1.82, 2.24) is 5.32 Å². The second kappa shape index (κ2) is 10.3. The zero-order valence-electron chi connectivity index (χ0n) is 13.8. The highest BCUT2D eigenvalue weighted by molar-refractivity contribution is 5.85. The molecule has 23 heavy (non-hydrogen) atoms. The second-order valence-electron chi connectivity index (χ2n) is 5.59. The molecule has 4 heteroatoms. The van der Waals surface area contributed by atoms with Crippen LogP contribution in [0.25, 0.3) is 0 Å². The number of aliphatic hydroxyl groups is 1. The van der Waals surface area contributed by atoms with E-state index in [0.717, 1.165) is 24.3 Å². The standard InChI is InChI=1S/C19H25NO2.ClH/c1-3-18(13-21)20-12-17-5-4-6-19(11-17)22-14-16-9-7-15(2)8-10-16;/h4-11,18,20-21H,3,12-14H2,1-2H3;1H. The molecule has 0 aliphatic heterocycles. The normalized spacial score (nSPS) is 11.6. The second-order valence-corrected chi connectivity index (χ2v) is 5.59. The van der Waals surface area contributed by atoms with Crippen molar-refractivity contribution in [3.05, 3.63) is 65.2 Å². The molecular formula is C19H26ClNO2. The molecule has 0 heterocycles. The number of rotatable bonds is 8. The summed E-state index contributed by atoms with van der Waals surface area (Å²) in [6.07, 6.45) is 0.917. The third-order valence-electron chi connectivity index (χ3n) is 3.73. The van der Waals surface area contributed by atoms with Gasteiger partial charge in [-0.3, -0.25) is 0 Å². The number of hydrogen-bond acceptors (Lipinski definition) is 3. The fourth-order valence-corrected chi connectivity index (χ4v) is 2.20. The van der Waals surface area contributed by atoms with Gasteiger partial charge in [-0.15, -0.1) is 12.4 Å². The molecule has 0 aromatic heterocycles. The first kappa shape index (κ1) is 19.5. The van der Waals surface area contributed by atoms with Crippen LogP contribution in [0.3, 0.4) is 0 Å². The maximum Gasteiger partial charge on any atom is 0.120 e. The van der Waals surface area contributed by atoms with Gasteiger partial charge in [0.25, 0.3) is 0 Å². The van der Waals surface area contributed by atoms with Crippen molar-refractivity contribution in [3.63, 3.8) is 0 Å². The minimum absolute atomic E-state index is 0. The molecule has 0 saturated heterocycles. The molecule has 1 unspecified atom stereocenters. The van der Waals surface area contributed by atoms with Crippen LogP contribution in [0.4, 0.5) is 0 Å². The Morgan fingerprint density at radius 3 is 2.48 bits per heavy atom. The van der Waals surface area contributed by atoms with Crippen LogP contribution in [-0.2, 0) is 13.2 Å². The van der Waals surface area contributed by atoms with Gasteiger partial charge in [-0.25, -0.2) is 0 Å². The largest absolute Gasteiger partial charge is 0.489 e. The highest BCUT2D eigenvalue weighted by Crippen LogP contribution is 2.15. The van der Waals surface area contributed by atoms with E-state index in [0.29, 0.717) is 6.61 Å². The van der Waals surface area contributed by atoms with Crippen LogP contribution >= 0.6 is 12.4 Å². The molecule has 0 radical (unpaired) electrons. The fourth-order valence-electron chi connectivity index (χ4n) is 2.20. The fraction of sp³-hybridized carbons (Fsp3) is 0.368. The number of aryl methyl sites for hydroxylation is 1. The number of aliphatic hydroxyl groups excluding tert-OH is 1. The summed E-state index contributed by atoms with van der Waals surface area (Å²) in [5.41, 5.74) is 3.58. The summed E-state index contributed by atoms with van der Waals surface area (Å²) >= 11 is 0. The average molecular weight is 336 g/mol. The zero-order chi connectivity index (χ0) is 15.8. The van der Waals surface area contributed by atoms with Gasteiger partial charge in [-0.2, -0.15) is 0 Å². The van der Waals surface area contributed by atoms with Gasteiger partial charge in [-0.1, -0.05) is 48.9 Å². The smallest absolute Gasteiger partial charge is 0.120 e. The van der Waals surface area contributed by atoms with E-state index in [9.17, 15) is 5.11 Å². The van der Waals surface area contributed by atoms with Crippen LogP contribution in [0.1, 0.15) is 30.0 Å². The lowest BCUT2D eigenvalue weighted by atomic mass is 10.1. The first-order valence-electron chi connectivity index (χ1n) is 7.82. The Bertz CT molecular complexity index is 568. The molecule has 126 valence electrons. The molecule has 0 fully saturated rings. The third kappa shape index (κ3) is 6.61. The third-order valence-corrected chi connectivity index (χ3v) is 3.73. The Morgan fingerprint density at radius 2 is 1.83 bits per heavy atom. The first-order valence-corrected chi connectivity index (χ1v) is 7.82. The summed E-state index contributed by atoms with van der Waals surface area (Å²) < 4.78 is 5.85. The van der Waals surface area contributed by atoms with E-state index in [4.69, 9.17) is 4.74 Å².